The van der Waals surface area contributed by atoms with E-state index < -0.39 is 0 Å². The van der Waals surface area contributed by atoms with Crippen LogP contribution in [-0.2, 0) is 0 Å². The fraction of sp³-hybridized carbons (Fsp3) is 0. The van der Waals surface area contributed by atoms with E-state index in [0.717, 1.165) is 22.0 Å². The maximum atomic E-state index is 12.2. The minimum absolute atomic E-state index is 0.287. The van der Waals surface area contributed by atoms with Crippen molar-refractivity contribution in [2.75, 3.05) is 0 Å². The Labute approximate surface area is 149 Å². The Bertz CT molecular complexity index is 1070. The second-order valence-corrected chi connectivity index (χ2v) is 5.61. The molecule has 0 aliphatic rings. The first kappa shape index (κ1) is 15.6. The molecule has 0 atom stereocenters. The molecule has 0 bridgehead atoms. The van der Waals surface area contributed by atoms with E-state index in [1.807, 2.05) is 36.4 Å². The smallest absolute Gasteiger partial charge is 0.267 e. The third-order valence-electron chi connectivity index (χ3n) is 3.90. The number of hydrazone groups is 1. The molecule has 0 spiro atoms. The van der Waals surface area contributed by atoms with Crippen molar-refractivity contribution in [1.29, 1.82) is 0 Å². The van der Waals surface area contributed by atoms with Gasteiger partial charge < -0.3 is 0 Å². The molecule has 0 radical (unpaired) electrons. The van der Waals surface area contributed by atoms with E-state index in [9.17, 15) is 4.79 Å². The first-order valence-electron chi connectivity index (χ1n) is 7.95. The van der Waals surface area contributed by atoms with Gasteiger partial charge in [0, 0.05) is 5.56 Å². The number of hydrogen-bond acceptors (Lipinski definition) is 5. The van der Waals surface area contributed by atoms with Crippen molar-refractivity contribution in [3.05, 3.63) is 84.2 Å². The summed E-state index contributed by atoms with van der Waals surface area (Å²) in [5.74, 6) is -0.287. The Kier molecular flexibility index (Phi) is 4.17. The van der Waals surface area contributed by atoms with Crippen LogP contribution in [0.4, 0.5) is 0 Å². The van der Waals surface area contributed by atoms with Gasteiger partial charge in [-0.15, -0.1) is 5.10 Å². The van der Waals surface area contributed by atoms with Gasteiger partial charge in [-0.05, 0) is 57.1 Å². The standard InChI is InChI=1S/C19H14N6O/c26-19(16-7-9-18(10-8-16)25-13-21-23-24-25)22-20-12-14-5-6-15-3-1-2-4-17(15)11-14/h1-13H,(H,22,26)/b20-12+. The Morgan fingerprint density at radius 1 is 1.00 bits per heavy atom. The molecule has 4 aromatic rings. The van der Waals surface area contributed by atoms with Crippen molar-refractivity contribution < 1.29 is 4.79 Å². The monoisotopic (exact) mass is 342 g/mol. The highest BCUT2D eigenvalue weighted by molar-refractivity contribution is 5.95. The lowest BCUT2D eigenvalue weighted by Crippen LogP contribution is -2.17. The topological polar surface area (TPSA) is 85.1 Å². The van der Waals surface area contributed by atoms with Gasteiger partial charge in [0.2, 0.25) is 0 Å². The van der Waals surface area contributed by atoms with Crippen LogP contribution >= 0.6 is 0 Å². The van der Waals surface area contributed by atoms with E-state index in [-0.39, 0.29) is 5.91 Å². The van der Waals surface area contributed by atoms with Gasteiger partial charge in [0.1, 0.15) is 6.33 Å². The molecule has 26 heavy (non-hydrogen) atoms. The van der Waals surface area contributed by atoms with Crippen LogP contribution in [0.3, 0.4) is 0 Å². The molecule has 0 fully saturated rings. The number of amides is 1. The molecule has 0 unspecified atom stereocenters. The van der Waals surface area contributed by atoms with E-state index >= 15 is 0 Å². The largest absolute Gasteiger partial charge is 0.271 e. The van der Waals surface area contributed by atoms with Crippen LogP contribution in [0.25, 0.3) is 16.5 Å². The molecule has 0 saturated carbocycles. The van der Waals surface area contributed by atoms with Crippen LogP contribution in [-0.4, -0.2) is 32.3 Å². The van der Waals surface area contributed by atoms with Crippen LogP contribution in [0.5, 0.6) is 0 Å². The van der Waals surface area contributed by atoms with Crippen molar-refractivity contribution >= 4 is 22.9 Å². The van der Waals surface area contributed by atoms with Gasteiger partial charge in [-0.3, -0.25) is 4.79 Å². The van der Waals surface area contributed by atoms with E-state index in [4.69, 9.17) is 0 Å². The Morgan fingerprint density at radius 3 is 2.58 bits per heavy atom. The summed E-state index contributed by atoms with van der Waals surface area (Å²) in [5.41, 5.74) is 4.72. The summed E-state index contributed by atoms with van der Waals surface area (Å²) in [6.07, 6.45) is 3.11. The fourth-order valence-corrected chi connectivity index (χ4v) is 2.56. The Morgan fingerprint density at radius 2 is 1.81 bits per heavy atom. The molecule has 0 aliphatic carbocycles. The molecule has 126 valence electrons. The van der Waals surface area contributed by atoms with Gasteiger partial charge in [0.05, 0.1) is 11.9 Å². The Hall–Kier alpha value is -3.87. The van der Waals surface area contributed by atoms with Gasteiger partial charge in [-0.25, -0.2) is 10.1 Å². The summed E-state index contributed by atoms with van der Waals surface area (Å²) >= 11 is 0. The molecule has 1 N–H and O–H groups in total. The molecule has 0 saturated heterocycles. The zero-order valence-corrected chi connectivity index (χ0v) is 13.6. The minimum Gasteiger partial charge on any atom is -0.267 e. The lowest BCUT2D eigenvalue weighted by atomic mass is 10.1. The van der Waals surface area contributed by atoms with Crippen molar-refractivity contribution in [2.45, 2.75) is 0 Å². The number of rotatable bonds is 4. The van der Waals surface area contributed by atoms with Crippen LogP contribution in [0.2, 0.25) is 0 Å². The van der Waals surface area contributed by atoms with Crippen molar-refractivity contribution in [3.63, 3.8) is 0 Å². The zero-order valence-electron chi connectivity index (χ0n) is 13.6. The summed E-state index contributed by atoms with van der Waals surface area (Å²) in [6, 6.07) is 21.0. The van der Waals surface area contributed by atoms with Crippen LogP contribution in [0.1, 0.15) is 15.9 Å². The normalized spacial score (nSPS) is 11.1. The van der Waals surface area contributed by atoms with Crippen molar-refractivity contribution in [1.82, 2.24) is 25.6 Å². The lowest BCUT2D eigenvalue weighted by Gasteiger charge is -2.02. The Balaban J connectivity index is 1.43. The van der Waals surface area contributed by atoms with E-state index in [0.29, 0.717) is 5.56 Å². The molecular weight excluding hydrogens is 328 g/mol. The van der Waals surface area contributed by atoms with Gasteiger partial charge in [-0.1, -0.05) is 36.4 Å². The summed E-state index contributed by atoms with van der Waals surface area (Å²) < 4.78 is 1.51. The quantitative estimate of drug-likeness (QED) is 0.456. The number of benzene rings is 3. The highest BCUT2D eigenvalue weighted by atomic mass is 16.2. The molecule has 3 aromatic carbocycles. The molecule has 7 nitrogen and oxygen atoms in total. The van der Waals surface area contributed by atoms with Gasteiger partial charge in [-0.2, -0.15) is 5.10 Å². The van der Waals surface area contributed by atoms with Gasteiger partial charge >= 0.3 is 0 Å². The SMILES string of the molecule is O=C(N/N=C/c1ccc2ccccc2c1)c1ccc(-n2cnnn2)cc1. The summed E-state index contributed by atoms with van der Waals surface area (Å²) in [6.45, 7) is 0. The van der Waals surface area contributed by atoms with Gasteiger partial charge in [0.15, 0.2) is 0 Å². The van der Waals surface area contributed by atoms with Crippen LogP contribution in [0, 0.1) is 0 Å². The minimum atomic E-state index is -0.287. The second-order valence-electron chi connectivity index (χ2n) is 5.61. The third kappa shape index (κ3) is 3.32. The predicted molar refractivity (Wildman–Crippen MR) is 98.2 cm³/mol. The number of nitrogens with zero attached hydrogens (tertiary/aromatic N) is 5. The second kappa shape index (κ2) is 6.94. The molecule has 7 heteroatoms. The third-order valence-corrected chi connectivity index (χ3v) is 3.90. The molecule has 1 amide bonds. The average Bonchev–Trinajstić information content (AvgIpc) is 3.23. The van der Waals surface area contributed by atoms with E-state index in [1.54, 1.807) is 30.5 Å². The van der Waals surface area contributed by atoms with Crippen molar-refractivity contribution in [2.24, 2.45) is 5.10 Å². The summed E-state index contributed by atoms with van der Waals surface area (Å²) in [4.78, 5) is 12.2. The molecular formula is C19H14N6O. The summed E-state index contributed by atoms with van der Waals surface area (Å²) in [7, 11) is 0. The highest BCUT2D eigenvalue weighted by Gasteiger charge is 2.05. The first-order valence-corrected chi connectivity index (χ1v) is 7.95. The van der Waals surface area contributed by atoms with E-state index in [2.05, 4.69) is 32.1 Å². The number of hydrogen-bond donors (Lipinski definition) is 1. The number of fused-ring (bicyclic) bond motifs is 1. The van der Waals surface area contributed by atoms with Gasteiger partial charge in [0.25, 0.3) is 5.91 Å². The van der Waals surface area contributed by atoms with E-state index in [1.165, 1.54) is 11.0 Å². The maximum Gasteiger partial charge on any atom is 0.271 e. The molecule has 4 rings (SSSR count). The van der Waals surface area contributed by atoms with Crippen LogP contribution in [0.15, 0.2) is 78.2 Å². The maximum absolute atomic E-state index is 12.2. The lowest BCUT2D eigenvalue weighted by molar-refractivity contribution is 0.0955. The highest BCUT2D eigenvalue weighted by Crippen LogP contribution is 2.14. The molecule has 0 aliphatic heterocycles. The number of carbonyl (C=O) groups excluding carboxylic acids is 1. The summed E-state index contributed by atoms with van der Waals surface area (Å²) in [5, 5.41) is 17.3. The number of nitrogens with one attached hydrogen (secondary N) is 1. The fourth-order valence-electron chi connectivity index (χ4n) is 2.56. The predicted octanol–water partition coefficient (Wildman–Crippen LogP) is 2.58. The van der Waals surface area contributed by atoms with Crippen molar-refractivity contribution in [3.8, 4) is 5.69 Å². The number of aromatic nitrogens is 4. The zero-order chi connectivity index (χ0) is 17.8. The first-order chi connectivity index (χ1) is 12.8. The number of tetrazole rings is 1. The van der Waals surface area contributed by atoms with Crippen LogP contribution < -0.4 is 5.43 Å². The molecule has 1 aromatic heterocycles. The molecule has 1 heterocycles. The average molecular weight is 342 g/mol. The number of carbonyl (C=O) groups is 1.